The second-order valence-electron chi connectivity index (χ2n) is 4.35. The van der Waals surface area contributed by atoms with E-state index in [4.69, 9.17) is 0 Å². The van der Waals surface area contributed by atoms with Crippen LogP contribution < -0.4 is 0 Å². The van der Waals surface area contributed by atoms with Crippen molar-refractivity contribution in [1.82, 2.24) is 19.5 Å². The molecule has 3 aromatic rings. The van der Waals surface area contributed by atoms with Crippen LogP contribution >= 0.6 is 11.8 Å². The number of hydrogen-bond donors (Lipinski definition) is 0. The Kier molecular flexibility index (Phi) is 4.10. The average molecular weight is 313 g/mol. The minimum absolute atomic E-state index is 0.0279. The molecule has 0 N–H and O–H groups in total. The maximum absolute atomic E-state index is 11.0. The Morgan fingerprint density at radius 3 is 2.73 bits per heavy atom. The van der Waals surface area contributed by atoms with Crippen molar-refractivity contribution in [1.29, 1.82) is 0 Å². The van der Waals surface area contributed by atoms with Crippen LogP contribution in [-0.4, -0.2) is 24.4 Å². The lowest BCUT2D eigenvalue weighted by Crippen LogP contribution is -2.02. The highest BCUT2D eigenvalue weighted by atomic mass is 32.2. The van der Waals surface area contributed by atoms with Gasteiger partial charge in [0.2, 0.25) is 0 Å². The van der Waals surface area contributed by atoms with E-state index in [2.05, 4.69) is 15.0 Å². The lowest BCUT2D eigenvalue weighted by atomic mass is 10.3. The monoisotopic (exact) mass is 313 g/mol. The zero-order chi connectivity index (χ0) is 15.4. The molecule has 0 aliphatic carbocycles. The first-order valence-electron chi connectivity index (χ1n) is 6.42. The minimum atomic E-state index is -0.443. The van der Waals surface area contributed by atoms with E-state index in [-0.39, 0.29) is 5.69 Å². The number of aromatic nitrogens is 4. The van der Waals surface area contributed by atoms with Crippen molar-refractivity contribution in [2.75, 3.05) is 0 Å². The van der Waals surface area contributed by atoms with Crippen molar-refractivity contribution < 1.29 is 4.92 Å². The second-order valence-corrected chi connectivity index (χ2v) is 5.30. The molecule has 8 heteroatoms. The molecule has 0 unspecified atom stereocenters. The van der Waals surface area contributed by atoms with Crippen LogP contribution in [0.3, 0.4) is 0 Å². The van der Waals surface area contributed by atoms with Crippen LogP contribution in [-0.2, 0) is 6.54 Å². The van der Waals surface area contributed by atoms with Gasteiger partial charge in [0.05, 0.1) is 17.2 Å². The van der Waals surface area contributed by atoms with Gasteiger partial charge in [0, 0.05) is 30.9 Å². The maximum atomic E-state index is 11.0. The SMILES string of the molecule is O=[N+]([O-])c1cccnc1Sc1nccn1Cc1ccccn1. The summed E-state index contributed by atoms with van der Waals surface area (Å²) in [6, 6.07) is 8.65. The summed E-state index contributed by atoms with van der Waals surface area (Å²) in [6.45, 7) is 0.545. The maximum Gasteiger partial charge on any atom is 0.301 e. The third-order valence-electron chi connectivity index (χ3n) is 2.87. The van der Waals surface area contributed by atoms with Crippen molar-refractivity contribution in [2.24, 2.45) is 0 Å². The van der Waals surface area contributed by atoms with E-state index in [1.807, 2.05) is 29.0 Å². The molecule has 0 saturated carbocycles. The fourth-order valence-corrected chi connectivity index (χ4v) is 2.76. The van der Waals surface area contributed by atoms with Crippen molar-refractivity contribution in [3.05, 3.63) is 70.9 Å². The Morgan fingerprint density at radius 2 is 1.95 bits per heavy atom. The largest absolute Gasteiger partial charge is 0.320 e. The number of imidazole rings is 1. The fourth-order valence-electron chi connectivity index (χ4n) is 1.87. The Balaban J connectivity index is 1.86. The average Bonchev–Trinajstić information content (AvgIpc) is 2.96. The van der Waals surface area contributed by atoms with Crippen LogP contribution in [0.5, 0.6) is 0 Å². The number of rotatable bonds is 5. The first-order valence-corrected chi connectivity index (χ1v) is 7.24. The van der Waals surface area contributed by atoms with Crippen LogP contribution in [0.15, 0.2) is 65.3 Å². The molecule has 0 spiro atoms. The fraction of sp³-hybridized carbons (Fsp3) is 0.0714. The lowest BCUT2D eigenvalue weighted by molar-refractivity contribution is -0.388. The van der Waals surface area contributed by atoms with Gasteiger partial charge in [0.15, 0.2) is 10.2 Å². The molecule has 110 valence electrons. The topological polar surface area (TPSA) is 86.7 Å². The van der Waals surface area contributed by atoms with Crippen molar-refractivity contribution >= 4 is 17.4 Å². The lowest BCUT2D eigenvalue weighted by Gasteiger charge is -2.06. The minimum Gasteiger partial charge on any atom is -0.320 e. The molecule has 0 amide bonds. The summed E-state index contributed by atoms with van der Waals surface area (Å²) in [5.41, 5.74) is 0.859. The molecule has 0 radical (unpaired) electrons. The van der Waals surface area contributed by atoms with Gasteiger partial charge in [0.1, 0.15) is 0 Å². The van der Waals surface area contributed by atoms with E-state index >= 15 is 0 Å². The second kappa shape index (κ2) is 6.35. The van der Waals surface area contributed by atoms with Crippen LogP contribution in [0.1, 0.15) is 5.69 Å². The molecule has 0 aliphatic rings. The highest BCUT2D eigenvalue weighted by Gasteiger charge is 2.17. The molecule has 0 aromatic carbocycles. The number of hydrogen-bond acceptors (Lipinski definition) is 6. The molecule has 3 heterocycles. The third kappa shape index (κ3) is 3.12. The predicted molar refractivity (Wildman–Crippen MR) is 80.6 cm³/mol. The molecular weight excluding hydrogens is 302 g/mol. The summed E-state index contributed by atoms with van der Waals surface area (Å²) in [7, 11) is 0. The van der Waals surface area contributed by atoms with Gasteiger partial charge in [-0.1, -0.05) is 6.07 Å². The Morgan fingerprint density at radius 1 is 1.09 bits per heavy atom. The van der Waals surface area contributed by atoms with E-state index < -0.39 is 4.92 Å². The standard InChI is InChI=1S/C14H11N5O2S/c20-19(21)12-5-3-7-16-13(12)22-14-17-8-9-18(14)10-11-4-1-2-6-15-11/h1-9H,10H2. The summed E-state index contributed by atoms with van der Waals surface area (Å²) in [6.07, 6.45) is 6.72. The number of nitrogens with zero attached hydrogens (tertiary/aromatic N) is 5. The van der Waals surface area contributed by atoms with E-state index in [0.717, 1.165) is 5.69 Å². The molecule has 0 fully saturated rings. The van der Waals surface area contributed by atoms with Gasteiger partial charge in [-0.25, -0.2) is 9.97 Å². The van der Waals surface area contributed by atoms with Gasteiger partial charge in [-0.3, -0.25) is 15.1 Å². The van der Waals surface area contributed by atoms with Crippen LogP contribution in [0, 0.1) is 10.1 Å². The predicted octanol–water partition coefficient (Wildman–Crippen LogP) is 2.78. The Bertz CT molecular complexity index is 791. The normalized spacial score (nSPS) is 10.5. The van der Waals surface area contributed by atoms with E-state index in [9.17, 15) is 10.1 Å². The summed E-state index contributed by atoms with van der Waals surface area (Å²) in [5, 5.41) is 12.0. The quantitative estimate of drug-likeness (QED) is 0.532. The Hall–Kier alpha value is -2.74. The highest BCUT2D eigenvalue weighted by molar-refractivity contribution is 7.99. The summed E-state index contributed by atoms with van der Waals surface area (Å²) < 4.78 is 1.88. The van der Waals surface area contributed by atoms with Gasteiger partial charge >= 0.3 is 5.69 Å². The number of nitro groups is 1. The molecule has 3 rings (SSSR count). The van der Waals surface area contributed by atoms with Crippen LogP contribution in [0.25, 0.3) is 0 Å². The van der Waals surface area contributed by atoms with Crippen molar-refractivity contribution in [3.63, 3.8) is 0 Å². The van der Waals surface area contributed by atoms with Gasteiger partial charge in [0.25, 0.3) is 0 Å². The third-order valence-corrected chi connectivity index (χ3v) is 3.90. The van der Waals surface area contributed by atoms with Crippen molar-refractivity contribution in [3.8, 4) is 0 Å². The van der Waals surface area contributed by atoms with E-state index in [0.29, 0.717) is 16.7 Å². The zero-order valence-corrected chi connectivity index (χ0v) is 12.2. The van der Waals surface area contributed by atoms with Gasteiger partial charge < -0.3 is 4.57 Å². The molecule has 0 aliphatic heterocycles. The zero-order valence-electron chi connectivity index (χ0n) is 11.4. The van der Waals surface area contributed by atoms with Gasteiger partial charge in [-0.15, -0.1) is 0 Å². The van der Waals surface area contributed by atoms with Gasteiger partial charge in [-0.05, 0) is 30.0 Å². The van der Waals surface area contributed by atoms with Gasteiger partial charge in [-0.2, -0.15) is 0 Å². The van der Waals surface area contributed by atoms with Crippen LogP contribution in [0.4, 0.5) is 5.69 Å². The molecule has 7 nitrogen and oxygen atoms in total. The summed E-state index contributed by atoms with van der Waals surface area (Å²) in [4.78, 5) is 23.2. The molecule has 0 bridgehead atoms. The summed E-state index contributed by atoms with van der Waals surface area (Å²) in [5.74, 6) is 0. The molecular formula is C14H11N5O2S. The smallest absolute Gasteiger partial charge is 0.301 e. The molecule has 22 heavy (non-hydrogen) atoms. The Labute approximate surface area is 130 Å². The highest BCUT2D eigenvalue weighted by Crippen LogP contribution is 2.31. The molecule has 0 atom stereocenters. The van der Waals surface area contributed by atoms with E-state index in [1.54, 1.807) is 18.5 Å². The first-order chi connectivity index (χ1) is 10.7. The van der Waals surface area contributed by atoms with E-state index in [1.165, 1.54) is 24.0 Å². The van der Waals surface area contributed by atoms with Crippen molar-refractivity contribution in [2.45, 2.75) is 16.7 Å². The molecule has 0 saturated heterocycles. The van der Waals surface area contributed by atoms with Crippen LogP contribution in [0.2, 0.25) is 0 Å². The summed E-state index contributed by atoms with van der Waals surface area (Å²) >= 11 is 1.17. The molecule has 3 aromatic heterocycles. The number of pyridine rings is 2. The first kappa shape index (κ1) is 14.2.